The molecule has 4 nitrogen and oxygen atoms in total. The Balaban J connectivity index is 1.74. The van der Waals surface area contributed by atoms with Gasteiger partial charge in [-0.3, -0.25) is 0 Å². The molecular weight excluding hydrogens is 689 g/mol. The van der Waals surface area contributed by atoms with Crippen molar-refractivity contribution in [3.63, 3.8) is 0 Å². The average Bonchev–Trinajstić information content (AvgIpc) is 3.35. The molecule has 3 aliphatic carbocycles. The van der Waals surface area contributed by atoms with Crippen molar-refractivity contribution in [1.29, 1.82) is 0 Å². The van der Waals surface area contributed by atoms with Gasteiger partial charge < -0.3 is 18.0 Å². The van der Waals surface area contributed by atoms with Crippen molar-refractivity contribution in [2.24, 2.45) is 22.7 Å². The van der Waals surface area contributed by atoms with Crippen LogP contribution in [-0.4, -0.2) is 56.0 Å². The van der Waals surface area contributed by atoms with Crippen molar-refractivity contribution < 1.29 is 18.0 Å². The van der Waals surface area contributed by atoms with Crippen molar-refractivity contribution in [2.45, 2.75) is 227 Å². The van der Waals surface area contributed by atoms with Crippen LogP contribution in [0.4, 0.5) is 0 Å². The molecule has 0 radical (unpaired) electrons. The zero-order valence-electron chi connectivity index (χ0n) is 38.0. The third-order valence-corrected chi connectivity index (χ3v) is 24.8. The minimum absolute atomic E-state index is 0.0185. The van der Waals surface area contributed by atoms with Gasteiger partial charge in [0.15, 0.2) is 25.0 Å². The van der Waals surface area contributed by atoms with E-state index in [2.05, 4.69) is 134 Å². The maximum absolute atomic E-state index is 7.12. The molecule has 3 fully saturated rings. The van der Waals surface area contributed by atoms with E-state index < -0.39 is 25.0 Å². The van der Waals surface area contributed by atoms with Crippen molar-refractivity contribution in [1.82, 2.24) is 0 Å². The third-order valence-electron chi connectivity index (χ3n) is 14.7. The first-order valence-corrected chi connectivity index (χ1v) is 30.8. The molecule has 3 aliphatic rings. The Morgan fingerprint density at radius 2 is 1.31 bits per heavy atom. The molecule has 0 amide bonds. The monoisotopic (exact) mass is 777 g/mol. The fourth-order valence-corrected chi connectivity index (χ4v) is 14.2. The standard InChI is InChI=1S/C45H88O4Si3/c1-19-45(20-2,49-50(12,13)14)29-22-30-46-34-43(9,10)40-27-26-39-36(23-21-28-44(39,40)11)25-24-35-31-37(47-51(15,16)41(3,4)5)33-38(32-35)48-52(17,18)42(6,7)8/h24-25,37-40H,19-23,26-34H2,1-18H3/t37-,38-,39+,40-,44+/m1/s1. The summed E-state index contributed by atoms with van der Waals surface area (Å²) in [5.41, 5.74) is 3.76. The van der Waals surface area contributed by atoms with E-state index in [9.17, 15) is 0 Å². The summed E-state index contributed by atoms with van der Waals surface area (Å²) >= 11 is 0. The van der Waals surface area contributed by atoms with Crippen LogP contribution in [0.25, 0.3) is 0 Å². The van der Waals surface area contributed by atoms with Gasteiger partial charge in [0.05, 0.1) is 24.4 Å². The van der Waals surface area contributed by atoms with Crippen LogP contribution in [0.3, 0.4) is 0 Å². The molecule has 0 bridgehead atoms. The van der Waals surface area contributed by atoms with Crippen LogP contribution in [0.1, 0.15) is 153 Å². The van der Waals surface area contributed by atoms with E-state index in [0.29, 0.717) is 17.3 Å². The Hall–Kier alpha value is -0.0294. The minimum Gasteiger partial charge on any atom is -0.414 e. The molecule has 3 saturated carbocycles. The molecule has 7 heteroatoms. The Morgan fingerprint density at radius 3 is 1.79 bits per heavy atom. The Labute approximate surface area is 327 Å². The molecule has 52 heavy (non-hydrogen) atoms. The second kappa shape index (κ2) is 17.2. The van der Waals surface area contributed by atoms with Gasteiger partial charge >= 0.3 is 0 Å². The Kier molecular flexibility index (Phi) is 15.4. The van der Waals surface area contributed by atoms with Crippen molar-refractivity contribution >= 4 is 25.0 Å². The lowest BCUT2D eigenvalue weighted by Gasteiger charge is -2.48. The van der Waals surface area contributed by atoms with Crippen LogP contribution in [0.15, 0.2) is 23.3 Å². The zero-order valence-corrected chi connectivity index (χ0v) is 41.0. The van der Waals surface area contributed by atoms with Crippen LogP contribution in [0.5, 0.6) is 0 Å². The van der Waals surface area contributed by atoms with E-state index in [1.807, 2.05) is 0 Å². The van der Waals surface area contributed by atoms with E-state index in [1.54, 1.807) is 5.57 Å². The highest BCUT2D eigenvalue weighted by Crippen LogP contribution is 2.62. The molecule has 0 aliphatic heterocycles. The predicted molar refractivity (Wildman–Crippen MR) is 234 cm³/mol. The number of allylic oxidation sites excluding steroid dienone is 3. The lowest BCUT2D eigenvalue weighted by molar-refractivity contribution is -0.0285. The summed E-state index contributed by atoms with van der Waals surface area (Å²) in [5, 5.41) is 0.406. The molecule has 3 rings (SSSR count). The van der Waals surface area contributed by atoms with Gasteiger partial charge in [0.2, 0.25) is 0 Å². The molecule has 0 N–H and O–H groups in total. The maximum Gasteiger partial charge on any atom is 0.192 e. The highest BCUT2D eigenvalue weighted by atomic mass is 28.4. The SMILES string of the molecule is CCC(CC)(CCCOCC(C)(C)[C@H]1CC[C@H]2C(=CC=C3C[C@@H](O[Si](C)(C)C(C)(C)C)C[C@H](O[Si](C)(C)C(C)(C)C)C3)CCC[C@]12C)O[Si](C)(C)C. The number of hydrogen-bond donors (Lipinski definition) is 0. The quantitative estimate of drug-likeness (QED) is 0.116. The maximum atomic E-state index is 7.12. The summed E-state index contributed by atoms with van der Waals surface area (Å²) in [6.07, 6.45) is 19.6. The first-order valence-electron chi connectivity index (χ1n) is 21.6. The molecule has 0 heterocycles. The van der Waals surface area contributed by atoms with Gasteiger partial charge in [-0.1, -0.05) is 99.5 Å². The number of hydrogen-bond acceptors (Lipinski definition) is 4. The highest BCUT2D eigenvalue weighted by molar-refractivity contribution is 6.74. The van der Waals surface area contributed by atoms with E-state index in [1.165, 1.54) is 37.7 Å². The fourth-order valence-electron chi connectivity index (χ4n) is 9.76. The van der Waals surface area contributed by atoms with Crippen LogP contribution >= 0.6 is 0 Å². The largest absolute Gasteiger partial charge is 0.414 e. The van der Waals surface area contributed by atoms with Gasteiger partial charge in [0.25, 0.3) is 0 Å². The zero-order chi connectivity index (χ0) is 39.6. The normalized spacial score (nSPS) is 28.0. The second-order valence-corrected chi connectivity index (χ2v) is 36.4. The first-order chi connectivity index (χ1) is 23.6. The summed E-state index contributed by atoms with van der Waals surface area (Å²) in [5.74, 6) is 1.36. The molecule has 0 aromatic rings. The molecule has 304 valence electrons. The number of fused-ring (bicyclic) bond motifs is 1. The Morgan fingerprint density at radius 1 is 0.769 bits per heavy atom. The smallest absolute Gasteiger partial charge is 0.192 e. The van der Waals surface area contributed by atoms with E-state index in [0.717, 1.165) is 58.2 Å². The molecule has 0 aromatic carbocycles. The minimum atomic E-state index is -1.89. The summed E-state index contributed by atoms with van der Waals surface area (Å²) in [6, 6.07) is 0. The van der Waals surface area contributed by atoms with Crippen molar-refractivity contribution in [3.8, 4) is 0 Å². The highest BCUT2D eigenvalue weighted by Gasteiger charge is 2.54. The van der Waals surface area contributed by atoms with E-state index in [4.69, 9.17) is 18.0 Å². The van der Waals surface area contributed by atoms with Crippen LogP contribution in [0.2, 0.25) is 55.9 Å². The molecule has 0 unspecified atom stereocenters. The summed E-state index contributed by atoms with van der Waals surface area (Å²) in [7, 11) is -5.38. The van der Waals surface area contributed by atoms with Crippen LogP contribution < -0.4 is 0 Å². The molecule has 0 aromatic heterocycles. The first kappa shape index (κ1) is 46.4. The second-order valence-electron chi connectivity index (χ2n) is 22.5. The van der Waals surface area contributed by atoms with Gasteiger partial charge in [0.1, 0.15) is 0 Å². The van der Waals surface area contributed by atoms with Gasteiger partial charge in [0, 0.05) is 6.61 Å². The van der Waals surface area contributed by atoms with Gasteiger partial charge in [-0.25, -0.2) is 0 Å². The Bertz CT molecular complexity index is 1170. The van der Waals surface area contributed by atoms with Crippen LogP contribution in [-0.2, 0) is 18.0 Å². The molecule has 0 spiro atoms. The van der Waals surface area contributed by atoms with E-state index >= 15 is 0 Å². The third kappa shape index (κ3) is 11.8. The summed E-state index contributed by atoms with van der Waals surface area (Å²) < 4.78 is 27.5. The lowest BCUT2D eigenvalue weighted by atomic mass is 9.58. The van der Waals surface area contributed by atoms with Crippen molar-refractivity contribution in [3.05, 3.63) is 23.3 Å². The van der Waals surface area contributed by atoms with E-state index in [-0.39, 0.29) is 33.3 Å². The summed E-state index contributed by atoms with van der Waals surface area (Å²) in [4.78, 5) is 0. The molecular formula is C45H88O4Si3. The molecule has 0 saturated heterocycles. The van der Waals surface area contributed by atoms with Gasteiger partial charge in [-0.15, -0.1) is 0 Å². The number of ether oxygens (including phenoxy) is 1. The molecule has 5 atom stereocenters. The average molecular weight is 777 g/mol. The predicted octanol–water partition coefficient (Wildman–Crippen LogP) is 14.3. The topological polar surface area (TPSA) is 36.9 Å². The van der Waals surface area contributed by atoms with Gasteiger partial charge in [-0.05, 0) is 156 Å². The summed E-state index contributed by atoms with van der Waals surface area (Å²) in [6.45, 7) is 44.7. The fraction of sp³-hybridized carbons (Fsp3) is 0.911. The van der Waals surface area contributed by atoms with Crippen molar-refractivity contribution in [2.75, 3.05) is 13.2 Å². The van der Waals surface area contributed by atoms with Gasteiger partial charge in [-0.2, -0.15) is 0 Å². The lowest BCUT2D eigenvalue weighted by Crippen LogP contribution is -2.48. The number of rotatable bonds is 16. The van der Waals surface area contributed by atoms with Crippen LogP contribution in [0, 0.1) is 22.7 Å².